The van der Waals surface area contributed by atoms with E-state index in [1.807, 2.05) is 6.07 Å². The predicted octanol–water partition coefficient (Wildman–Crippen LogP) is 1.62. The van der Waals surface area contributed by atoms with E-state index in [4.69, 9.17) is 5.26 Å². The van der Waals surface area contributed by atoms with Gasteiger partial charge in [-0.3, -0.25) is 9.36 Å². The van der Waals surface area contributed by atoms with Crippen LogP contribution in [0.2, 0.25) is 0 Å². The predicted molar refractivity (Wildman–Crippen MR) is 55.8 cm³/mol. The van der Waals surface area contributed by atoms with Gasteiger partial charge in [0.15, 0.2) is 0 Å². The highest BCUT2D eigenvalue weighted by Crippen LogP contribution is 2.06. The van der Waals surface area contributed by atoms with Gasteiger partial charge in [0.05, 0.1) is 18.1 Å². The second-order valence-corrected chi connectivity index (χ2v) is 3.70. The van der Waals surface area contributed by atoms with E-state index in [2.05, 4.69) is 20.9 Å². The van der Waals surface area contributed by atoms with Crippen molar-refractivity contribution in [2.45, 2.75) is 26.3 Å². The smallest absolute Gasteiger partial charge is 0.267 e. The number of nitriles is 1. The van der Waals surface area contributed by atoms with Crippen molar-refractivity contribution in [3.05, 3.63) is 26.8 Å². The lowest BCUT2D eigenvalue weighted by atomic mass is 10.3. The molecule has 1 aromatic rings. The first-order valence-corrected chi connectivity index (χ1v) is 5.04. The number of unbranched alkanes of at least 4 members (excludes halogenated alkanes) is 1. The molecule has 1 rings (SSSR count). The minimum atomic E-state index is -0.0876. The van der Waals surface area contributed by atoms with Gasteiger partial charge in [-0.25, -0.2) is 4.98 Å². The van der Waals surface area contributed by atoms with Crippen LogP contribution >= 0.6 is 15.9 Å². The summed E-state index contributed by atoms with van der Waals surface area (Å²) >= 11 is 3.18. The Balaban J connectivity index is 2.85. The maximum atomic E-state index is 11.6. The maximum absolute atomic E-state index is 11.6. The van der Waals surface area contributed by atoms with Crippen LogP contribution in [0.1, 0.15) is 18.5 Å². The van der Waals surface area contributed by atoms with Crippen molar-refractivity contribution < 1.29 is 0 Å². The summed E-state index contributed by atoms with van der Waals surface area (Å²) in [6, 6.07) is 2.04. The van der Waals surface area contributed by atoms with Crippen molar-refractivity contribution in [3.8, 4) is 6.07 Å². The third kappa shape index (κ3) is 2.42. The lowest BCUT2D eigenvalue weighted by molar-refractivity contribution is 0.615. The highest BCUT2D eigenvalue weighted by molar-refractivity contribution is 9.10. The van der Waals surface area contributed by atoms with Gasteiger partial charge in [0.2, 0.25) is 0 Å². The van der Waals surface area contributed by atoms with E-state index in [-0.39, 0.29) is 5.56 Å². The van der Waals surface area contributed by atoms with Crippen molar-refractivity contribution in [1.82, 2.24) is 9.55 Å². The molecule has 0 fully saturated rings. The molecule has 14 heavy (non-hydrogen) atoms. The highest BCUT2D eigenvalue weighted by Gasteiger charge is 2.04. The molecule has 0 spiro atoms. The quantitative estimate of drug-likeness (QED) is 0.772. The number of aryl methyl sites for hydroxylation is 2. The van der Waals surface area contributed by atoms with Crippen LogP contribution in [0.25, 0.3) is 0 Å². The zero-order chi connectivity index (χ0) is 10.6. The van der Waals surface area contributed by atoms with E-state index >= 15 is 0 Å². The molecule has 0 saturated heterocycles. The van der Waals surface area contributed by atoms with Gasteiger partial charge in [-0.15, -0.1) is 0 Å². The molecule has 0 aromatic carbocycles. The summed E-state index contributed by atoms with van der Waals surface area (Å²) in [7, 11) is 0. The van der Waals surface area contributed by atoms with Gasteiger partial charge in [-0.1, -0.05) is 0 Å². The Morgan fingerprint density at radius 1 is 1.71 bits per heavy atom. The van der Waals surface area contributed by atoms with Crippen LogP contribution in [-0.2, 0) is 6.54 Å². The fourth-order valence-electron chi connectivity index (χ4n) is 1.03. The Morgan fingerprint density at radius 2 is 2.43 bits per heavy atom. The van der Waals surface area contributed by atoms with E-state index in [9.17, 15) is 4.79 Å². The Bertz CT molecular complexity index is 419. The molecule has 0 aliphatic rings. The summed E-state index contributed by atoms with van der Waals surface area (Å²) in [4.78, 5) is 15.6. The number of aromatic nitrogens is 2. The Labute approximate surface area is 90.3 Å². The Morgan fingerprint density at radius 3 is 3.07 bits per heavy atom. The highest BCUT2D eigenvalue weighted by atomic mass is 79.9. The van der Waals surface area contributed by atoms with Gasteiger partial charge in [0, 0.05) is 13.0 Å². The summed E-state index contributed by atoms with van der Waals surface area (Å²) in [6.45, 7) is 2.31. The molecule has 74 valence electrons. The van der Waals surface area contributed by atoms with Crippen LogP contribution in [0.5, 0.6) is 0 Å². The average Bonchev–Trinajstić information content (AvgIpc) is 2.18. The molecule has 0 unspecified atom stereocenters. The van der Waals surface area contributed by atoms with Crippen molar-refractivity contribution in [1.29, 1.82) is 5.26 Å². The molecular formula is C9H10BrN3O. The van der Waals surface area contributed by atoms with Gasteiger partial charge in [-0.2, -0.15) is 5.26 Å². The second-order valence-electron chi connectivity index (χ2n) is 2.90. The summed E-state index contributed by atoms with van der Waals surface area (Å²) in [5.41, 5.74) is 0.599. The topological polar surface area (TPSA) is 58.7 Å². The third-order valence-corrected chi connectivity index (χ3v) is 2.76. The number of nitrogens with zero attached hydrogens (tertiary/aromatic N) is 3. The molecule has 0 atom stereocenters. The number of hydrogen-bond donors (Lipinski definition) is 0. The van der Waals surface area contributed by atoms with Gasteiger partial charge in [0.1, 0.15) is 4.47 Å². The van der Waals surface area contributed by atoms with E-state index in [1.54, 1.807) is 6.92 Å². The van der Waals surface area contributed by atoms with Gasteiger partial charge >= 0.3 is 0 Å². The van der Waals surface area contributed by atoms with E-state index in [0.717, 1.165) is 0 Å². The molecular weight excluding hydrogens is 246 g/mol. The lowest BCUT2D eigenvalue weighted by Crippen LogP contribution is -2.22. The molecule has 0 N–H and O–H groups in total. The first kappa shape index (κ1) is 10.9. The first-order valence-electron chi connectivity index (χ1n) is 4.25. The lowest BCUT2D eigenvalue weighted by Gasteiger charge is -2.04. The van der Waals surface area contributed by atoms with Gasteiger partial charge in [-0.05, 0) is 29.3 Å². The average molecular weight is 256 g/mol. The van der Waals surface area contributed by atoms with Crippen molar-refractivity contribution in [2.75, 3.05) is 0 Å². The fraction of sp³-hybridized carbons (Fsp3) is 0.444. The summed E-state index contributed by atoms with van der Waals surface area (Å²) < 4.78 is 2.01. The maximum Gasteiger partial charge on any atom is 0.267 e. The van der Waals surface area contributed by atoms with E-state index in [0.29, 0.717) is 29.6 Å². The second kappa shape index (κ2) is 4.91. The number of halogens is 1. The molecule has 0 bridgehead atoms. The summed E-state index contributed by atoms with van der Waals surface area (Å²) in [5, 5.41) is 8.35. The van der Waals surface area contributed by atoms with Crippen LogP contribution < -0.4 is 5.56 Å². The molecule has 0 saturated carbocycles. The first-order chi connectivity index (χ1) is 6.66. The van der Waals surface area contributed by atoms with Crippen LogP contribution in [0.4, 0.5) is 0 Å². The largest absolute Gasteiger partial charge is 0.298 e. The molecule has 1 heterocycles. The van der Waals surface area contributed by atoms with Crippen LogP contribution in [0.3, 0.4) is 0 Å². The molecule has 0 amide bonds. The van der Waals surface area contributed by atoms with E-state index < -0.39 is 0 Å². The minimum Gasteiger partial charge on any atom is -0.298 e. The third-order valence-electron chi connectivity index (χ3n) is 1.84. The Kier molecular flexibility index (Phi) is 3.84. The standard InChI is InChI=1S/C9H10BrN3O/c1-7-8(10)9(14)13(6-12-7)5-3-2-4-11/h6H,2-3,5H2,1H3. The minimum absolute atomic E-state index is 0.0876. The molecule has 5 heteroatoms. The summed E-state index contributed by atoms with van der Waals surface area (Å²) in [5.74, 6) is 0. The molecule has 1 aromatic heterocycles. The Hall–Kier alpha value is -1.15. The van der Waals surface area contributed by atoms with Crippen LogP contribution in [0.15, 0.2) is 15.6 Å². The SMILES string of the molecule is Cc1ncn(CCCC#N)c(=O)c1Br. The molecule has 4 nitrogen and oxygen atoms in total. The van der Waals surface area contributed by atoms with Crippen LogP contribution in [-0.4, -0.2) is 9.55 Å². The fourth-order valence-corrected chi connectivity index (χ4v) is 1.36. The molecule has 0 aliphatic heterocycles. The normalized spacial score (nSPS) is 9.79. The molecule has 0 aliphatic carbocycles. The summed E-state index contributed by atoms with van der Waals surface area (Å²) in [6.07, 6.45) is 2.64. The number of rotatable bonds is 3. The monoisotopic (exact) mass is 255 g/mol. The zero-order valence-electron chi connectivity index (χ0n) is 7.83. The van der Waals surface area contributed by atoms with Gasteiger partial charge < -0.3 is 0 Å². The van der Waals surface area contributed by atoms with Gasteiger partial charge in [0.25, 0.3) is 5.56 Å². The van der Waals surface area contributed by atoms with Crippen molar-refractivity contribution in [2.24, 2.45) is 0 Å². The van der Waals surface area contributed by atoms with Crippen LogP contribution in [0, 0.1) is 18.3 Å². The van der Waals surface area contributed by atoms with Crippen molar-refractivity contribution in [3.63, 3.8) is 0 Å². The van der Waals surface area contributed by atoms with E-state index in [1.165, 1.54) is 10.9 Å². The number of hydrogen-bond acceptors (Lipinski definition) is 3. The molecule has 0 radical (unpaired) electrons. The van der Waals surface area contributed by atoms with Crippen molar-refractivity contribution >= 4 is 15.9 Å². The zero-order valence-corrected chi connectivity index (χ0v) is 9.41.